The highest BCUT2D eigenvalue weighted by molar-refractivity contribution is 5.82. The van der Waals surface area contributed by atoms with Crippen LogP contribution in [0, 0.1) is 18.3 Å². The van der Waals surface area contributed by atoms with Gasteiger partial charge in [-0.2, -0.15) is 0 Å². The first-order valence-corrected chi connectivity index (χ1v) is 5.66. The van der Waals surface area contributed by atoms with Crippen molar-refractivity contribution in [3.63, 3.8) is 0 Å². The summed E-state index contributed by atoms with van der Waals surface area (Å²) in [5, 5.41) is 0. The molecule has 0 spiro atoms. The quantitative estimate of drug-likeness (QED) is 0.703. The monoisotopic (exact) mass is 208 g/mol. The molecular weight excluding hydrogens is 188 g/mol. The lowest BCUT2D eigenvalue weighted by Gasteiger charge is -2.33. The summed E-state index contributed by atoms with van der Waals surface area (Å²) < 4.78 is 0. The standard InChI is InChI=1S/C12H20N2O/c1-3-6-11(13)12(15)14-8-5-7-10(4-2)9-14/h1,10-11H,4-9,13H2,2H3. The van der Waals surface area contributed by atoms with Gasteiger partial charge in [-0.3, -0.25) is 4.79 Å². The smallest absolute Gasteiger partial charge is 0.240 e. The summed E-state index contributed by atoms with van der Waals surface area (Å²) in [6.07, 6.45) is 8.94. The van der Waals surface area contributed by atoms with Crippen LogP contribution in [0.4, 0.5) is 0 Å². The van der Waals surface area contributed by atoms with E-state index in [0.717, 1.165) is 25.9 Å². The number of amides is 1. The van der Waals surface area contributed by atoms with E-state index in [4.69, 9.17) is 12.2 Å². The van der Waals surface area contributed by atoms with E-state index in [1.54, 1.807) is 0 Å². The maximum absolute atomic E-state index is 11.9. The zero-order valence-electron chi connectivity index (χ0n) is 9.41. The van der Waals surface area contributed by atoms with Crippen molar-refractivity contribution in [2.45, 2.75) is 38.6 Å². The summed E-state index contributed by atoms with van der Waals surface area (Å²) in [7, 11) is 0. The highest BCUT2D eigenvalue weighted by atomic mass is 16.2. The third kappa shape index (κ3) is 3.24. The molecule has 0 aromatic carbocycles. The average Bonchev–Trinajstić information content (AvgIpc) is 2.28. The van der Waals surface area contributed by atoms with E-state index in [1.807, 2.05) is 4.90 Å². The number of rotatable bonds is 3. The first-order valence-electron chi connectivity index (χ1n) is 5.66. The van der Waals surface area contributed by atoms with Crippen LogP contribution in [-0.2, 0) is 4.79 Å². The number of piperidine rings is 1. The minimum absolute atomic E-state index is 0.0195. The van der Waals surface area contributed by atoms with Crippen molar-refractivity contribution in [3.8, 4) is 12.3 Å². The lowest BCUT2D eigenvalue weighted by atomic mass is 9.95. The highest BCUT2D eigenvalue weighted by Gasteiger charge is 2.25. The van der Waals surface area contributed by atoms with Crippen LogP contribution < -0.4 is 5.73 Å². The first-order chi connectivity index (χ1) is 7.19. The molecule has 3 nitrogen and oxygen atoms in total. The van der Waals surface area contributed by atoms with Gasteiger partial charge in [-0.05, 0) is 18.8 Å². The summed E-state index contributed by atoms with van der Waals surface area (Å²) in [5.41, 5.74) is 5.71. The first kappa shape index (κ1) is 12.1. The van der Waals surface area contributed by atoms with Gasteiger partial charge in [0.15, 0.2) is 0 Å². The number of hydrogen-bond donors (Lipinski definition) is 1. The molecule has 1 amide bonds. The van der Waals surface area contributed by atoms with Gasteiger partial charge >= 0.3 is 0 Å². The number of likely N-dealkylation sites (tertiary alicyclic amines) is 1. The lowest BCUT2D eigenvalue weighted by molar-refractivity contribution is -0.134. The van der Waals surface area contributed by atoms with Crippen molar-refractivity contribution in [1.29, 1.82) is 0 Å². The minimum Gasteiger partial charge on any atom is -0.341 e. The van der Waals surface area contributed by atoms with Crippen LogP contribution in [0.1, 0.15) is 32.6 Å². The predicted octanol–water partition coefficient (Wildman–Crippen LogP) is 0.986. The number of carbonyl (C=O) groups is 1. The molecule has 0 aromatic rings. The van der Waals surface area contributed by atoms with Crippen molar-refractivity contribution in [2.75, 3.05) is 13.1 Å². The number of carbonyl (C=O) groups excluding carboxylic acids is 1. The second kappa shape index (κ2) is 5.77. The predicted molar refractivity (Wildman–Crippen MR) is 61.0 cm³/mol. The Labute approximate surface area is 92.0 Å². The normalized spacial score (nSPS) is 23.3. The molecular formula is C12H20N2O. The molecule has 0 aliphatic carbocycles. The van der Waals surface area contributed by atoms with Gasteiger partial charge in [-0.25, -0.2) is 0 Å². The van der Waals surface area contributed by atoms with Gasteiger partial charge in [0.25, 0.3) is 0 Å². The van der Waals surface area contributed by atoms with Crippen LogP contribution in [0.25, 0.3) is 0 Å². The Morgan fingerprint density at radius 2 is 2.47 bits per heavy atom. The molecule has 2 N–H and O–H groups in total. The van der Waals surface area contributed by atoms with Gasteiger partial charge in [-0.15, -0.1) is 12.3 Å². The number of nitrogens with zero attached hydrogens (tertiary/aromatic N) is 1. The SMILES string of the molecule is C#CCC(N)C(=O)N1CCCC(CC)C1. The number of hydrogen-bond acceptors (Lipinski definition) is 2. The molecule has 15 heavy (non-hydrogen) atoms. The van der Waals surface area contributed by atoms with Crippen molar-refractivity contribution in [2.24, 2.45) is 11.7 Å². The Morgan fingerprint density at radius 3 is 3.07 bits per heavy atom. The molecule has 1 fully saturated rings. The highest BCUT2D eigenvalue weighted by Crippen LogP contribution is 2.19. The second-order valence-corrected chi connectivity index (χ2v) is 4.22. The van der Waals surface area contributed by atoms with E-state index >= 15 is 0 Å². The molecule has 0 radical (unpaired) electrons. The summed E-state index contributed by atoms with van der Waals surface area (Å²) in [4.78, 5) is 13.7. The van der Waals surface area contributed by atoms with Crippen LogP contribution in [0.2, 0.25) is 0 Å². The maximum atomic E-state index is 11.9. The number of nitrogens with two attached hydrogens (primary N) is 1. The molecule has 2 atom stereocenters. The molecule has 1 rings (SSSR count). The van der Waals surface area contributed by atoms with Crippen LogP contribution >= 0.6 is 0 Å². The van der Waals surface area contributed by atoms with Gasteiger partial charge in [0.2, 0.25) is 5.91 Å². The summed E-state index contributed by atoms with van der Waals surface area (Å²) >= 11 is 0. The van der Waals surface area contributed by atoms with Crippen LogP contribution in [0.15, 0.2) is 0 Å². The molecule has 1 heterocycles. The Morgan fingerprint density at radius 1 is 1.73 bits per heavy atom. The molecule has 3 heteroatoms. The maximum Gasteiger partial charge on any atom is 0.240 e. The summed E-state index contributed by atoms with van der Waals surface area (Å²) in [6, 6.07) is -0.509. The topological polar surface area (TPSA) is 46.3 Å². The van der Waals surface area contributed by atoms with Gasteiger partial charge in [0.1, 0.15) is 0 Å². The van der Waals surface area contributed by atoms with E-state index in [9.17, 15) is 4.79 Å². The minimum atomic E-state index is -0.509. The van der Waals surface area contributed by atoms with Crippen molar-refractivity contribution in [1.82, 2.24) is 4.90 Å². The molecule has 0 aromatic heterocycles. The van der Waals surface area contributed by atoms with E-state index in [0.29, 0.717) is 12.3 Å². The van der Waals surface area contributed by atoms with Crippen LogP contribution in [0.5, 0.6) is 0 Å². The molecule has 84 valence electrons. The van der Waals surface area contributed by atoms with Crippen molar-refractivity contribution < 1.29 is 4.79 Å². The average molecular weight is 208 g/mol. The van der Waals surface area contributed by atoms with Gasteiger partial charge in [0.05, 0.1) is 6.04 Å². The fourth-order valence-corrected chi connectivity index (χ4v) is 2.05. The molecule has 0 bridgehead atoms. The van der Waals surface area contributed by atoms with E-state index in [1.165, 1.54) is 6.42 Å². The fourth-order valence-electron chi connectivity index (χ4n) is 2.05. The van der Waals surface area contributed by atoms with Crippen LogP contribution in [0.3, 0.4) is 0 Å². The van der Waals surface area contributed by atoms with E-state index in [-0.39, 0.29) is 5.91 Å². The van der Waals surface area contributed by atoms with Crippen molar-refractivity contribution >= 4 is 5.91 Å². The molecule has 1 saturated heterocycles. The Kier molecular flexibility index (Phi) is 4.64. The largest absolute Gasteiger partial charge is 0.341 e. The van der Waals surface area contributed by atoms with Gasteiger partial charge in [0, 0.05) is 19.5 Å². The Hall–Kier alpha value is -1.01. The summed E-state index contributed by atoms with van der Waals surface area (Å²) in [5.74, 6) is 3.10. The number of terminal acetylenes is 1. The Bertz CT molecular complexity index is 257. The zero-order chi connectivity index (χ0) is 11.3. The molecule has 1 aliphatic heterocycles. The fraction of sp³-hybridized carbons (Fsp3) is 0.750. The third-order valence-corrected chi connectivity index (χ3v) is 3.06. The van der Waals surface area contributed by atoms with Crippen molar-refractivity contribution in [3.05, 3.63) is 0 Å². The molecule has 1 aliphatic rings. The molecule has 0 saturated carbocycles. The van der Waals surface area contributed by atoms with Crippen LogP contribution in [-0.4, -0.2) is 29.9 Å². The second-order valence-electron chi connectivity index (χ2n) is 4.22. The van der Waals surface area contributed by atoms with E-state index in [2.05, 4.69) is 12.8 Å². The van der Waals surface area contributed by atoms with Gasteiger partial charge in [-0.1, -0.05) is 13.3 Å². The molecule has 2 unspecified atom stereocenters. The summed E-state index contributed by atoms with van der Waals surface area (Å²) in [6.45, 7) is 3.86. The zero-order valence-corrected chi connectivity index (χ0v) is 9.41. The van der Waals surface area contributed by atoms with Gasteiger partial charge < -0.3 is 10.6 Å². The third-order valence-electron chi connectivity index (χ3n) is 3.06. The lowest BCUT2D eigenvalue weighted by Crippen LogP contribution is -2.47. The Balaban J connectivity index is 2.49. The van der Waals surface area contributed by atoms with E-state index < -0.39 is 6.04 Å².